The van der Waals surface area contributed by atoms with Gasteiger partial charge in [0, 0.05) is 32.9 Å². The predicted molar refractivity (Wildman–Crippen MR) is 262 cm³/mol. The standard InChI is InChI=1S/C60H40N2/c1-4-12-41(13-5-1)44-20-22-45(23-21-44)47-26-31-51(32-27-47)61-57-19-11-10-18-53(57)55-38-48(29-36-58(55)61)49-30-37-59-56(39-49)54-35-28-50(43-16-8-3-9-17-43)40-60(54)62(59)52-33-24-46(25-34-52)42-14-6-2-7-15-42/h1-40H/i10D,11D,18D,19D,29D,36D,38D. The summed E-state index contributed by atoms with van der Waals surface area (Å²) in [7, 11) is 0. The SMILES string of the molecule is [2H]c1c([2H])c([2H])c2c(c1[2H])c1c([2H])c(-c3ccc4c(c3)c3ccc(-c5ccccc5)cc3n4-c3ccc(-c4ccccc4)cc3)c([2H])c([2H])c1n2-c1ccc(-c2ccc(-c3ccccc3)cc2)cc1. The lowest BCUT2D eigenvalue weighted by Gasteiger charge is -2.11. The number of hydrogen-bond acceptors (Lipinski definition) is 0. The maximum Gasteiger partial charge on any atom is 0.0645 e. The lowest BCUT2D eigenvalue weighted by Crippen LogP contribution is -1.94. The number of hydrogen-bond donors (Lipinski definition) is 0. The molecule has 0 radical (unpaired) electrons. The van der Waals surface area contributed by atoms with E-state index < -0.39 is 12.1 Å². The van der Waals surface area contributed by atoms with Crippen LogP contribution in [-0.2, 0) is 0 Å². The van der Waals surface area contributed by atoms with Crippen molar-refractivity contribution in [3.63, 3.8) is 0 Å². The molecule has 0 amide bonds. The molecule has 2 nitrogen and oxygen atoms in total. The number of rotatable bonds is 7. The number of fused-ring (bicyclic) bond motifs is 6. The summed E-state index contributed by atoms with van der Waals surface area (Å²) in [6.07, 6.45) is 0. The Morgan fingerprint density at radius 1 is 0.258 bits per heavy atom. The van der Waals surface area contributed by atoms with Gasteiger partial charge in [-0.15, -0.1) is 0 Å². The van der Waals surface area contributed by atoms with Crippen LogP contribution in [-0.4, -0.2) is 9.13 Å². The van der Waals surface area contributed by atoms with Gasteiger partial charge >= 0.3 is 0 Å². The number of nitrogens with zero attached hydrogens (tertiary/aromatic N) is 2. The first kappa shape index (κ1) is 29.1. The van der Waals surface area contributed by atoms with Gasteiger partial charge in [-0.25, -0.2) is 0 Å². The fourth-order valence-electron chi connectivity index (χ4n) is 8.90. The Morgan fingerprint density at radius 2 is 0.694 bits per heavy atom. The molecule has 0 aliphatic carbocycles. The van der Waals surface area contributed by atoms with Gasteiger partial charge in [0.25, 0.3) is 0 Å². The first-order valence-corrected chi connectivity index (χ1v) is 20.8. The Morgan fingerprint density at radius 3 is 1.27 bits per heavy atom. The van der Waals surface area contributed by atoms with Crippen LogP contribution < -0.4 is 0 Å². The molecule has 0 spiro atoms. The molecule has 62 heavy (non-hydrogen) atoms. The van der Waals surface area contributed by atoms with Crippen LogP contribution in [0.15, 0.2) is 242 Å². The van der Waals surface area contributed by atoms with Gasteiger partial charge < -0.3 is 9.13 Å². The zero-order valence-corrected chi connectivity index (χ0v) is 33.4. The molecule has 2 heterocycles. The third-order valence-electron chi connectivity index (χ3n) is 12.0. The summed E-state index contributed by atoms with van der Waals surface area (Å²) in [4.78, 5) is 0. The number of benzene rings is 10. The average molecular weight is 796 g/mol. The fraction of sp³-hybridized carbons (Fsp3) is 0. The maximum atomic E-state index is 9.94. The van der Waals surface area contributed by atoms with Crippen molar-refractivity contribution in [2.24, 2.45) is 0 Å². The Hall–Kier alpha value is -8.20. The molecule has 12 rings (SSSR count). The summed E-state index contributed by atoms with van der Waals surface area (Å²) >= 11 is 0. The molecule has 2 heteroatoms. The second kappa shape index (κ2) is 14.8. The smallest absolute Gasteiger partial charge is 0.0645 e. The highest BCUT2D eigenvalue weighted by atomic mass is 15.0. The van der Waals surface area contributed by atoms with E-state index in [2.05, 4.69) is 108 Å². The van der Waals surface area contributed by atoms with Crippen LogP contribution in [0.25, 0.3) is 111 Å². The van der Waals surface area contributed by atoms with Crippen molar-refractivity contribution >= 4 is 43.6 Å². The minimum Gasteiger partial charge on any atom is -0.309 e. The molecule has 0 fully saturated rings. The minimum absolute atomic E-state index is 0.0825. The van der Waals surface area contributed by atoms with Crippen molar-refractivity contribution in [1.29, 1.82) is 0 Å². The molecule has 0 aliphatic rings. The lowest BCUT2D eigenvalue weighted by molar-refractivity contribution is 1.18. The first-order valence-electron chi connectivity index (χ1n) is 24.3. The summed E-state index contributed by atoms with van der Waals surface area (Å²) in [6, 6.07) is 65.6. The molecule has 10 aromatic carbocycles. The van der Waals surface area contributed by atoms with E-state index in [1.54, 1.807) is 4.57 Å². The van der Waals surface area contributed by atoms with Crippen LogP contribution in [0.3, 0.4) is 0 Å². The summed E-state index contributed by atoms with van der Waals surface area (Å²) in [6.45, 7) is 0. The third kappa shape index (κ3) is 6.12. The van der Waals surface area contributed by atoms with Crippen LogP contribution >= 0.6 is 0 Å². The van der Waals surface area contributed by atoms with Crippen molar-refractivity contribution < 1.29 is 9.60 Å². The Bertz CT molecular complexity index is 3980. The molecular formula is C60H40N2. The van der Waals surface area contributed by atoms with Gasteiger partial charge in [-0.05, 0) is 116 Å². The molecule has 0 aliphatic heterocycles. The molecule has 2 aromatic heterocycles. The van der Waals surface area contributed by atoms with Crippen molar-refractivity contribution in [2.75, 3.05) is 0 Å². The summed E-state index contributed by atoms with van der Waals surface area (Å²) in [5.74, 6) is 0. The van der Waals surface area contributed by atoms with E-state index in [1.165, 1.54) is 0 Å². The van der Waals surface area contributed by atoms with Gasteiger partial charge in [-0.3, -0.25) is 0 Å². The Labute approximate surface area is 370 Å². The van der Waals surface area contributed by atoms with Crippen molar-refractivity contribution in [1.82, 2.24) is 9.13 Å². The number of para-hydroxylation sites is 1. The third-order valence-corrected chi connectivity index (χ3v) is 12.0. The lowest BCUT2D eigenvalue weighted by atomic mass is 9.99. The van der Waals surface area contributed by atoms with Crippen molar-refractivity contribution in [2.45, 2.75) is 0 Å². The first-order chi connectivity index (χ1) is 33.7. The molecular weight excluding hydrogens is 749 g/mol. The monoisotopic (exact) mass is 795 g/mol. The van der Waals surface area contributed by atoms with Crippen LogP contribution in [0, 0.1) is 0 Å². The second-order valence-corrected chi connectivity index (χ2v) is 15.6. The van der Waals surface area contributed by atoms with Crippen LogP contribution in [0.5, 0.6) is 0 Å². The van der Waals surface area contributed by atoms with E-state index in [0.29, 0.717) is 11.3 Å². The fourth-order valence-corrected chi connectivity index (χ4v) is 8.90. The van der Waals surface area contributed by atoms with Gasteiger partial charge in [0.1, 0.15) is 0 Å². The van der Waals surface area contributed by atoms with E-state index in [9.17, 15) is 6.85 Å². The normalized spacial score (nSPS) is 13.1. The van der Waals surface area contributed by atoms with Gasteiger partial charge in [0.05, 0.1) is 31.7 Å². The van der Waals surface area contributed by atoms with Gasteiger partial charge in [-0.2, -0.15) is 0 Å². The topological polar surface area (TPSA) is 9.86 Å². The molecule has 0 saturated carbocycles. The maximum absolute atomic E-state index is 9.94. The average Bonchev–Trinajstić information content (AvgIpc) is 3.94. The van der Waals surface area contributed by atoms with Gasteiger partial charge in [0.15, 0.2) is 0 Å². The largest absolute Gasteiger partial charge is 0.309 e. The summed E-state index contributed by atoms with van der Waals surface area (Å²) in [5, 5.41) is 2.22. The summed E-state index contributed by atoms with van der Waals surface area (Å²) in [5.41, 5.74) is 13.1. The number of aromatic nitrogens is 2. The Balaban J connectivity index is 1.04. The van der Waals surface area contributed by atoms with Crippen molar-refractivity contribution in [3.8, 4) is 67.0 Å². The Kier molecular flexibility index (Phi) is 6.95. The van der Waals surface area contributed by atoms with Crippen LogP contribution in [0.4, 0.5) is 0 Å². The van der Waals surface area contributed by atoms with E-state index in [0.717, 1.165) is 72.0 Å². The van der Waals surface area contributed by atoms with E-state index in [1.807, 2.05) is 97.1 Å². The summed E-state index contributed by atoms with van der Waals surface area (Å²) < 4.78 is 69.1. The van der Waals surface area contributed by atoms with E-state index in [4.69, 9.17) is 2.74 Å². The highest BCUT2D eigenvalue weighted by Crippen LogP contribution is 2.40. The highest BCUT2D eigenvalue weighted by molar-refractivity contribution is 6.13. The molecule has 12 aromatic rings. The molecule has 290 valence electrons. The molecule has 0 N–H and O–H groups in total. The molecule has 0 unspecified atom stereocenters. The van der Waals surface area contributed by atoms with E-state index >= 15 is 0 Å². The quantitative estimate of drug-likeness (QED) is 0.152. The van der Waals surface area contributed by atoms with Crippen LogP contribution in [0.1, 0.15) is 9.60 Å². The predicted octanol–water partition coefficient (Wildman–Crippen LogP) is 16.2. The van der Waals surface area contributed by atoms with Gasteiger partial charge in [0.2, 0.25) is 0 Å². The minimum atomic E-state index is -0.427. The van der Waals surface area contributed by atoms with Gasteiger partial charge in [-0.1, -0.05) is 182 Å². The molecule has 0 saturated heterocycles. The molecule has 0 bridgehead atoms. The second-order valence-electron chi connectivity index (χ2n) is 15.6. The molecule has 0 atom stereocenters. The highest BCUT2D eigenvalue weighted by Gasteiger charge is 2.17. The zero-order chi connectivity index (χ0) is 47.1. The van der Waals surface area contributed by atoms with Crippen molar-refractivity contribution in [3.05, 3.63) is 242 Å². The van der Waals surface area contributed by atoms with Crippen LogP contribution in [0.2, 0.25) is 0 Å². The zero-order valence-electron chi connectivity index (χ0n) is 40.4. The van der Waals surface area contributed by atoms with E-state index in [-0.39, 0.29) is 57.6 Å².